The van der Waals surface area contributed by atoms with Crippen LogP contribution in [0.3, 0.4) is 0 Å². The number of carbonyl (C=O) groups excluding carboxylic acids is 1. The molecule has 0 spiro atoms. The minimum Gasteiger partial charge on any atom is -0.340 e. The summed E-state index contributed by atoms with van der Waals surface area (Å²) < 4.78 is 26.7. The van der Waals surface area contributed by atoms with Crippen molar-refractivity contribution in [2.75, 3.05) is 13.1 Å². The number of aliphatic imine (C=N–C) groups is 1. The number of benzene rings is 1. The van der Waals surface area contributed by atoms with Gasteiger partial charge in [0.25, 0.3) is 10.0 Å². The van der Waals surface area contributed by atoms with E-state index in [4.69, 9.17) is 5.73 Å². The van der Waals surface area contributed by atoms with Gasteiger partial charge >= 0.3 is 0 Å². The largest absolute Gasteiger partial charge is 0.340 e. The summed E-state index contributed by atoms with van der Waals surface area (Å²) in [5.74, 6) is 0.112. The summed E-state index contributed by atoms with van der Waals surface area (Å²) in [5, 5.41) is 0. The predicted molar refractivity (Wildman–Crippen MR) is 95.7 cm³/mol. The highest BCUT2D eigenvalue weighted by Crippen LogP contribution is 2.28. The van der Waals surface area contributed by atoms with Crippen LogP contribution in [0.4, 0.5) is 0 Å². The number of nitrogens with two attached hydrogens (primary N) is 1. The molecule has 0 radical (unpaired) electrons. The summed E-state index contributed by atoms with van der Waals surface area (Å²) in [6.07, 6.45) is 0.748. The van der Waals surface area contributed by atoms with Crippen LogP contribution in [0, 0.1) is 5.41 Å². The summed E-state index contributed by atoms with van der Waals surface area (Å²) in [6.45, 7) is 6.96. The van der Waals surface area contributed by atoms with Crippen LogP contribution in [0.5, 0.6) is 0 Å². The van der Waals surface area contributed by atoms with Gasteiger partial charge in [0.1, 0.15) is 11.9 Å². The maximum atomic E-state index is 12.8. The van der Waals surface area contributed by atoms with Crippen molar-refractivity contribution in [1.29, 1.82) is 0 Å². The number of amidine groups is 1. The second-order valence-corrected chi connectivity index (χ2v) is 9.05. The summed E-state index contributed by atoms with van der Waals surface area (Å²) >= 11 is 0. The molecule has 2 atom stereocenters. The molecule has 1 saturated heterocycles. The summed E-state index contributed by atoms with van der Waals surface area (Å²) in [4.78, 5) is 19.1. The minimum atomic E-state index is -3.60. The molecule has 2 heterocycles. The van der Waals surface area contributed by atoms with E-state index < -0.39 is 16.1 Å². The van der Waals surface area contributed by atoms with Crippen LogP contribution >= 0.6 is 0 Å². The van der Waals surface area contributed by atoms with Gasteiger partial charge in [-0.15, -0.1) is 0 Å². The third kappa shape index (κ3) is 3.28. The van der Waals surface area contributed by atoms with Gasteiger partial charge in [-0.3, -0.25) is 14.5 Å². The molecule has 7 nitrogen and oxygen atoms in total. The molecule has 2 aliphatic heterocycles. The van der Waals surface area contributed by atoms with E-state index in [0.717, 1.165) is 6.42 Å². The summed E-state index contributed by atoms with van der Waals surface area (Å²) in [7, 11) is -3.60. The van der Waals surface area contributed by atoms with Crippen LogP contribution in [-0.4, -0.2) is 50.2 Å². The van der Waals surface area contributed by atoms with Crippen molar-refractivity contribution >= 4 is 21.8 Å². The van der Waals surface area contributed by atoms with E-state index in [1.807, 2.05) is 0 Å². The first-order chi connectivity index (χ1) is 11.6. The van der Waals surface area contributed by atoms with Crippen molar-refractivity contribution < 1.29 is 13.2 Å². The zero-order chi connectivity index (χ0) is 18.4. The molecule has 1 aromatic carbocycles. The Morgan fingerprint density at radius 2 is 2.08 bits per heavy atom. The fourth-order valence-corrected chi connectivity index (χ4v) is 4.54. The van der Waals surface area contributed by atoms with Crippen molar-refractivity contribution in [1.82, 2.24) is 9.62 Å². The Labute approximate surface area is 148 Å². The molecule has 2 aliphatic rings. The molecule has 25 heavy (non-hydrogen) atoms. The molecule has 0 saturated carbocycles. The van der Waals surface area contributed by atoms with E-state index >= 15 is 0 Å². The molecular weight excluding hydrogens is 340 g/mol. The van der Waals surface area contributed by atoms with Gasteiger partial charge in [0, 0.05) is 24.7 Å². The number of rotatable bonds is 2. The highest BCUT2D eigenvalue weighted by molar-refractivity contribution is 7.90. The van der Waals surface area contributed by atoms with Gasteiger partial charge in [-0.05, 0) is 30.9 Å². The first-order valence-electron chi connectivity index (χ1n) is 8.36. The van der Waals surface area contributed by atoms with E-state index in [1.54, 1.807) is 30.0 Å². The van der Waals surface area contributed by atoms with Crippen LogP contribution in [0.25, 0.3) is 0 Å². The average molecular weight is 364 g/mol. The maximum Gasteiger partial charge on any atom is 0.263 e. The molecule has 1 amide bonds. The minimum absolute atomic E-state index is 0.0617. The lowest BCUT2D eigenvalue weighted by Gasteiger charge is -2.43. The maximum absolute atomic E-state index is 12.8. The molecule has 1 fully saturated rings. The fourth-order valence-electron chi connectivity index (χ4n) is 3.30. The first-order valence-corrected chi connectivity index (χ1v) is 9.84. The third-order valence-electron chi connectivity index (χ3n) is 4.97. The van der Waals surface area contributed by atoms with E-state index in [1.165, 1.54) is 6.07 Å². The fraction of sp³-hybridized carbons (Fsp3) is 0.529. The number of likely N-dealkylation sites (tertiary alicyclic amines) is 1. The molecule has 0 aromatic heterocycles. The number of piperidine rings is 1. The second-order valence-electron chi connectivity index (χ2n) is 7.40. The van der Waals surface area contributed by atoms with Crippen LogP contribution < -0.4 is 10.5 Å². The highest BCUT2D eigenvalue weighted by Gasteiger charge is 2.37. The predicted octanol–water partition coefficient (Wildman–Crippen LogP) is 0.699. The lowest BCUT2D eigenvalue weighted by Crippen LogP contribution is -2.55. The van der Waals surface area contributed by atoms with Crippen molar-refractivity contribution in [2.24, 2.45) is 16.1 Å². The summed E-state index contributed by atoms with van der Waals surface area (Å²) in [5.41, 5.74) is 6.48. The summed E-state index contributed by atoms with van der Waals surface area (Å²) in [6, 6.07) is 6.01. The van der Waals surface area contributed by atoms with Crippen LogP contribution in [0.1, 0.15) is 32.8 Å². The van der Waals surface area contributed by atoms with E-state index in [0.29, 0.717) is 18.7 Å². The Balaban J connectivity index is 1.82. The van der Waals surface area contributed by atoms with Gasteiger partial charge < -0.3 is 10.6 Å². The number of nitrogens with one attached hydrogen (secondary N) is 1. The Morgan fingerprint density at radius 1 is 1.40 bits per heavy atom. The van der Waals surface area contributed by atoms with Gasteiger partial charge in [0.15, 0.2) is 0 Å². The average Bonchev–Trinajstić information content (AvgIpc) is 2.80. The van der Waals surface area contributed by atoms with E-state index in [9.17, 15) is 13.2 Å². The van der Waals surface area contributed by atoms with Gasteiger partial charge in [-0.1, -0.05) is 26.0 Å². The lowest BCUT2D eigenvalue weighted by molar-refractivity contribution is -0.135. The number of carbonyl (C=O) groups is 1. The van der Waals surface area contributed by atoms with Crippen LogP contribution in [0.2, 0.25) is 0 Å². The van der Waals surface area contributed by atoms with E-state index in [2.05, 4.69) is 23.6 Å². The molecule has 8 heteroatoms. The van der Waals surface area contributed by atoms with Gasteiger partial charge in [0.2, 0.25) is 5.91 Å². The van der Waals surface area contributed by atoms with Crippen molar-refractivity contribution in [3.05, 3.63) is 29.8 Å². The van der Waals surface area contributed by atoms with Crippen LogP contribution in [0.15, 0.2) is 34.2 Å². The van der Waals surface area contributed by atoms with Crippen molar-refractivity contribution in [3.8, 4) is 0 Å². The molecule has 3 N–H and O–H groups in total. The molecule has 2 unspecified atom stereocenters. The Hall–Kier alpha value is -1.93. The molecule has 3 rings (SSSR count). The number of fused-ring (bicyclic) bond motifs is 1. The first kappa shape index (κ1) is 17.9. The molecule has 0 aliphatic carbocycles. The number of hydrogen-bond acceptors (Lipinski definition) is 5. The number of sulfonamides is 1. The van der Waals surface area contributed by atoms with E-state index in [-0.39, 0.29) is 28.1 Å². The third-order valence-corrected chi connectivity index (χ3v) is 6.36. The smallest absolute Gasteiger partial charge is 0.263 e. The normalized spacial score (nSPS) is 26.8. The van der Waals surface area contributed by atoms with Gasteiger partial charge in [-0.2, -0.15) is 0 Å². The van der Waals surface area contributed by atoms with Crippen molar-refractivity contribution in [2.45, 2.75) is 44.2 Å². The molecule has 0 bridgehead atoms. The Morgan fingerprint density at radius 3 is 2.76 bits per heavy atom. The number of nitrogens with zero attached hydrogens (tertiary/aromatic N) is 2. The van der Waals surface area contributed by atoms with Crippen molar-refractivity contribution in [3.63, 3.8) is 0 Å². The Bertz CT molecular complexity index is 832. The number of hydrogen-bond donors (Lipinski definition) is 2. The van der Waals surface area contributed by atoms with Gasteiger partial charge in [-0.25, -0.2) is 8.42 Å². The topological polar surface area (TPSA) is 105 Å². The zero-order valence-electron chi connectivity index (χ0n) is 14.7. The lowest BCUT2D eigenvalue weighted by atomic mass is 9.79. The second kappa shape index (κ2) is 6.10. The monoisotopic (exact) mass is 364 g/mol. The molecule has 136 valence electrons. The number of amides is 1. The molecular formula is C17H24N4O3S. The SMILES string of the molecule is CC(N=C1NS(=O)(=O)c2ccccc21)C(=O)N1CCC(N)C(C)(C)C1. The molecule has 1 aromatic rings. The Kier molecular flexibility index (Phi) is 4.36. The van der Waals surface area contributed by atoms with Crippen LogP contribution in [-0.2, 0) is 14.8 Å². The highest BCUT2D eigenvalue weighted by atomic mass is 32.2. The zero-order valence-corrected chi connectivity index (χ0v) is 15.5. The van der Waals surface area contributed by atoms with Gasteiger partial charge in [0.05, 0.1) is 4.90 Å². The quantitative estimate of drug-likeness (QED) is 0.806. The standard InChI is InChI=1S/C17H24N4O3S/c1-11(16(22)21-9-8-14(18)17(2,3)10-21)19-15-12-6-4-5-7-13(12)25(23,24)20-15/h4-7,11,14H,8-10,18H2,1-3H3,(H,19,20).